The van der Waals surface area contributed by atoms with Gasteiger partial charge in [-0.15, -0.1) is 11.6 Å². The maximum atomic E-state index is 11.6. The Kier molecular flexibility index (Phi) is 6.21. The second-order valence-electron chi connectivity index (χ2n) is 3.61. The maximum Gasteiger partial charge on any atom is 0.215 e. The lowest BCUT2D eigenvalue weighted by atomic mass is 10.3. The number of hydrogen-bond donors (Lipinski definition) is 0. The molecule has 0 unspecified atom stereocenters. The standard InChI is InChI=1S/C11H15Cl2NO3S/c1-14(18(15,16)9-6-12)7-8-17-11-5-3-2-4-10(11)13/h2-5H,6-9H2,1H3. The molecule has 0 aliphatic rings. The van der Waals surface area contributed by atoms with Crippen molar-refractivity contribution < 1.29 is 13.2 Å². The first-order chi connectivity index (χ1) is 8.47. The van der Waals surface area contributed by atoms with E-state index in [1.165, 1.54) is 11.4 Å². The minimum absolute atomic E-state index is 0.0723. The van der Waals surface area contributed by atoms with Gasteiger partial charge in [0.05, 0.1) is 10.8 Å². The van der Waals surface area contributed by atoms with Gasteiger partial charge in [-0.1, -0.05) is 23.7 Å². The number of sulfonamides is 1. The highest BCUT2D eigenvalue weighted by Gasteiger charge is 2.16. The van der Waals surface area contributed by atoms with E-state index in [0.29, 0.717) is 10.8 Å². The topological polar surface area (TPSA) is 46.6 Å². The molecule has 1 aromatic carbocycles. The van der Waals surface area contributed by atoms with Crippen molar-refractivity contribution in [2.75, 3.05) is 31.8 Å². The van der Waals surface area contributed by atoms with Crippen molar-refractivity contribution in [2.45, 2.75) is 0 Å². The zero-order chi connectivity index (χ0) is 13.6. The third-order valence-electron chi connectivity index (χ3n) is 2.31. The fourth-order valence-corrected chi connectivity index (χ4v) is 2.87. The van der Waals surface area contributed by atoms with Crippen LogP contribution in [0.15, 0.2) is 24.3 Å². The summed E-state index contributed by atoms with van der Waals surface area (Å²) in [6, 6.07) is 7.04. The Bertz CT molecular complexity index is 479. The van der Waals surface area contributed by atoms with Crippen LogP contribution in [0.1, 0.15) is 0 Å². The molecule has 0 saturated carbocycles. The molecular weight excluding hydrogens is 297 g/mol. The van der Waals surface area contributed by atoms with Gasteiger partial charge in [0.1, 0.15) is 12.4 Å². The summed E-state index contributed by atoms with van der Waals surface area (Å²) < 4.78 is 29.8. The Balaban J connectivity index is 2.45. The van der Waals surface area contributed by atoms with Crippen LogP contribution in [0.3, 0.4) is 0 Å². The first-order valence-electron chi connectivity index (χ1n) is 5.34. The van der Waals surface area contributed by atoms with Crippen LogP contribution >= 0.6 is 23.2 Å². The fraction of sp³-hybridized carbons (Fsp3) is 0.455. The molecule has 0 fully saturated rings. The Morgan fingerprint density at radius 1 is 1.33 bits per heavy atom. The van der Waals surface area contributed by atoms with Crippen molar-refractivity contribution in [3.05, 3.63) is 29.3 Å². The van der Waals surface area contributed by atoms with Crippen LogP contribution in [-0.4, -0.2) is 44.6 Å². The van der Waals surface area contributed by atoms with Crippen LogP contribution in [0, 0.1) is 0 Å². The highest BCUT2D eigenvalue weighted by molar-refractivity contribution is 7.89. The van der Waals surface area contributed by atoms with Crippen LogP contribution in [0.2, 0.25) is 5.02 Å². The minimum atomic E-state index is -3.29. The van der Waals surface area contributed by atoms with E-state index in [0.717, 1.165) is 0 Å². The number of halogens is 2. The molecule has 0 aromatic heterocycles. The Labute approximate surface area is 117 Å². The van der Waals surface area contributed by atoms with E-state index in [-0.39, 0.29) is 24.8 Å². The van der Waals surface area contributed by atoms with Crippen molar-refractivity contribution in [1.82, 2.24) is 4.31 Å². The molecule has 7 heteroatoms. The number of benzene rings is 1. The molecule has 0 N–H and O–H groups in total. The van der Waals surface area contributed by atoms with Crippen molar-refractivity contribution in [1.29, 1.82) is 0 Å². The average molecular weight is 312 g/mol. The van der Waals surface area contributed by atoms with E-state index < -0.39 is 10.0 Å². The molecule has 0 saturated heterocycles. The molecule has 1 aromatic rings. The third kappa shape index (κ3) is 4.65. The number of para-hydroxylation sites is 1. The lowest BCUT2D eigenvalue weighted by Gasteiger charge is -2.16. The molecule has 1 rings (SSSR count). The smallest absolute Gasteiger partial charge is 0.215 e. The van der Waals surface area contributed by atoms with Gasteiger partial charge in [0.25, 0.3) is 0 Å². The first-order valence-corrected chi connectivity index (χ1v) is 7.87. The number of ether oxygens (including phenoxy) is 1. The molecule has 0 spiro atoms. The predicted molar refractivity (Wildman–Crippen MR) is 74.1 cm³/mol. The lowest BCUT2D eigenvalue weighted by molar-refractivity contribution is 0.287. The monoisotopic (exact) mass is 311 g/mol. The highest BCUT2D eigenvalue weighted by atomic mass is 35.5. The molecule has 0 radical (unpaired) electrons. The van der Waals surface area contributed by atoms with E-state index in [2.05, 4.69) is 0 Å². The van der Waals surface area contributed by atoms with E-state index in [4.69, 9.17) is 27.9 Å². The molecule has 102 valence electrons. The fourth-order valence-electron chi connectivity index (χ4n) is 1.24. The molecular formula is C11H15Cl2NO3S. The quantitative estimate of drug-likeness (QED) is 0.725. The van der Waals surface area contributed by atoms with Gasteiger partial charge in [0, 0.05) is 19.5 Å². The second-order valence-corrected chi connectivity index (χ2v) is 6.59. The van der Waals surface area contributed by atoms with Gasteiger partial charge in [0.15, 0.2) is 0 Å². The summed E-state index contributed by atoms with van der Waals surface area (Å²) >= 11 is 11.3. The molecule has 0 atom stereocenters. The van der Waals surface area contributed by atoms with Gasteiger partial charge >= 0.3 is 0 Å². The van der Waals surface area contributed by atoms with Gasteiger partial charge < -0.3 is 4.74 Å². The van der Waals surface area contributed by atoms with Crippen LogP contribution in [0.5, 0.6) is 5.75 Å². The number of nitrogens with zero attached hydrogens (tertiary/aromatic N) is 1. The molecule has 4 nitrogen and oxygen atoms in total. The maximum absolute atomic E-state index is 11.6. The second kappa shape index (κ2) is 7.19. The van der Waals surface area contributed by atoms with Crippen molar-refractivity contribution in [2.24, 2.45) is 0 Å². The molecule has 0 bridgehead atoms. The molecule has 0 heterocycles. The van der Waals surface area contributed by atoms with Gasteiger partial charge in [0.2, 0.25) is 10.0 Å². The van der Waals surface area contributed by atoms with Gasteiger partial charge in [-0.05, 0) is 12.1 Å². The van der Waals surface area contributed by atoms with E-state index in [9.17, 15) is 8.42 Å². The summed E-state index contributed by atoms with van der Waals surface area (Å²) in [5, 5.41) is 0.503. The predicted octanol–water partition coefficient (Wildman–Crippen LogP) is 2.22. The van der Waals surface area contributed by atoms with Crippen molar-refractivity contribution >= 4 is 33.2 Å². The summed E-state index contributed by atoms with van der Waals surface area (Å²) in [7, 11) is -1.79. The highest BCUT2D eigenvalue weighted by Crippen LogP contribution is 2.22. The zero-order valence-corrected chi connectivity index (χ0v) is 12.3. The van der Waals surface area contributed by atoms with E-state index in [1.54, 1.807) is 24.3 Å². The van der Waals surface area contributed by atoms with Crippen molar-refractivity contribution in [3.8, 4) is 5.75 Å². The molecule has 0 amide bonds. The summed E-state index contributed by atoms with van der Waals surface area (Å²) in [4.78, 5) is 0. The first kappa shape index (κ1) is 15.6. The Hall–Kier alpha value is -0.490. The van der Waals surface area contributed by atoms with Gasteiger partial charge in [-0.25, -0.2) is 12.7 Å². The number of likely N-dealkylation sites (N-methyl/N-ethyl adjacent to an activating group) is 1. The van der Waals surface area contributed by atoms with E-state index >= 15 is 0 Å². The van der Waals surface area contributed by atoms with Crippen LogP contribution in [0.4, 0.5) is 0 Å². The zero-order valence-electron chi connectivity index (χ0n) is 9.97. The van der Waals surface area contributed by atoms with Crippen LogP contribution in [-0.2, 0) is 10.0 Å². The third-order valence-corrected chi connectivity index (χ3v) is 4.89. The molecule has 0 aliphatic heterocycles. The summed E-state index contributed by atoms with van der Waals surface area (Å²) in [6.07, 6.45) is 0. The largest absolute Gasteiger partial charge is 0.491 e. The molecule has 18 heavy (non-hydrogen) atoms. The summed E-state index contributed by atoms with van der Waals surface area (Å²) in [5.74, 6) is 0.553. The van der Waals surface area contributed by atoms with Gasteiger partial charge in [-0.2, -0.15) is 0 Å². The molecule has 0 aliphatic carbocycles. The SMILES string of the molecule is CN(CCOc1ccccc1Cl)S(=O)(=O)CCCl. The van der Waals surface area contributed by atoms with E-state index in [1.807, 2.05) is 0 Å². The Morgan fingerprint density at radius 2 is 2.00 bits per heavy atom. The average Bonchev–Trinajstić information content (AvgIpc) is 2.31. The number of alkyl halides is 1. The lowest BCUT2D eigenvalue weighted by Crippen LogP contribution is -2.33. The van der Waals surface area contributed by atoms with Crippen LogP contribution < -0.4 is 4.74 Å². The Morgan fingerprint density at radius 3 is 2.61 bits per heavy atom. The minimum Gasteiger partial charge on any atom is -0.491 e. The summed E-state index contributed by atoms with van der Waals surface area (Å²) in [5.41, 5.74) is 0. The van der Waals surface area contributed by atoms with Crippen LogP contribution in [0.25, 0.3) is 0 Å². The number of hydrogen-bond acceptors (Lipinski definition) is 3. The van der Waals surface area contributed by atoms with Gasteiger partial charge in [-0.3, -0.25) is 0 Å². The van der Waals surface area contributed by atoms with Crippen molar-refractivity contribution in [3.63, 3.8) is 0 Å². The normalized spacial score (nSPS) is 11.8. The number of rotatable bonds is 7. The summed E-state index contributed by atoms with van der Waals surface area (Å²) in [6.45, 7) is 0.492.